The maximum Gasteiger partial charge on any atom is 0.363 e. The topological polar surface area (TPSA) is 138 Å². The molecular weight excluding hydrogens is 276 g/mol. The van der Waals surface area contributed by atoms with Crippen LogP contribution in [-0.2, 0) is 29.7 Å². The number of rotatable bonds is 3. The summed E-state index contributed by atoms with van der Waals surface area (Å²) in [4.78, 5) is 22.0. The summed E-state index contributed by atoms with van der Waals surface area (Å²) >= 11 is 0. The third kappa shape index (κ3) is 2.56. The summed E-state index contributed by atoms with van der Waals surface area (Å²) in [6.07, 6.45) is 0.692. The molecule has 0 aliphatic carbocycles. The van der Waals surface area contributed by atoms with Crippen molar-refractivity contribution in [3.63, 3.8) is 0 Å². The number of carbonyl (C=O) groups is 2. The highest BCUT2D eigenvalue weighted by Gasteiger charge is 2.58. The quantitative estimate of drug-likeness (QED) is 0.432. The normalized spacial score (nSPS) is 25.4. The van der Waals surface area contributed by atoms with Crippen molar-refractivity contribution in [1.82, 2.24) is 9.62 Å². The molecule has 1 aliphatic rings. The summed E-state index contributed by atoms with van der Waals surface area (Å²) in [7, 11) is -8.94. The van der Waals surface area contributed by atoms with Gasteiger partial charge in [0, 0.05) is 13.2 Å². The van der Waals surface area contributed by atoms with Gasteiger partial charge in [0.25, 0.3) is 5.91 Å². The second kappa shape index (κ2) is 3.92. The maximum atomic E-state index is 11.3. The van der Waals surface area contributed by atoms with Crippen molar-refractivity contribution < 1.29 is 31.0 Å². The zero-order valence-corrected chi connectivity index (χ0v) is 10.4. The van der Waals surface area contributed by atoms with E-state index < -0.39 is 43.4 Å². The molecule has 1 saturated heterocycles. The van der Waals surface area contributed by atoms with Crippen molar-refractivity contribution in [1.29, 1.82) is 0 Å². The summed E-state index contributed by atoms with van der Waals surface area (Å²) in [5, 5.41) is 0.192. The predicted octanol–water partition coefficient (Wildman–Crippen LogP) is -2.49. The predicted molar refractivity (Wildman–Crippen MR) is 54.6 cm³/mol. The third-order valence-corrected chi connectivity index (χ3v) is 4.44. The Morgan fingerprint density at radius 3 is 2.12 bits per heavy atom. The minimum absolute atomic E-state index is 0.178. The number of β-lactam (4-membered cyclic amide) rings is 1. The molecule has 2 N–H and O–H groups in total. The molecule has 0 saturated carbocycles. The number of hydrogen-bond donors (Lipinski definition) is 2. The summed E-state index contributed by atoms with van der Waals surface area (Å²) in [6.45, 7) is 1.04. The molecule has 2 amide bonds. The van der Waals surface area contributed by atoms with Gasteiger partial charge in [-0.25, -0.2) is 8.42 Å². The Bertz CT molecular complexity index is 563. The van der Waals surface area contributed by atoms with E-state index in [1.807, 2.05) is 5.32 Å². The average molecular weight is 286 g/mol. The Balaban J connectivity index is 3.15. The maximum absolute atomic E-state index is 11.3. The van der Waals surface area contributed by atoms with Crippen LogP contribution in [0.15, 0.2) is 0 Å². The Labute approximate surface area is 97.6 Å². The van der Waals surface area contributed by atoms with Crippen LogP contribution in [0.5, 0.6) is 0 Å². The largest absolute Gasteiger partial charge is 0.363 e. The number of sulfone groups is 1. The lowest BCUT2D eigenvalue weighted by molar-refractivity contribution is -0.142. The van der Waals surface area contributed by atoms with Gasteiger partial charge >= 0.3 is 10.3 Å². The lowest BCUT2D eigenvalue weighted by Crippen LogP contribution is -2.73. The highest BCUT2D eigenvalue weighted by Crippen LogP contribution is 2.27. The van der Waals surface area contributed by atoms with Crippen molar-refractivity contribution in [2.24, 2.45) is 0 Å². The molecule has 11 heteroatoms. The molecule has 0 spiro atoms. The van der Waals surface area contributed by atoms with Crippen LogP contribution in [-0.4, -0.2) is 55.2 Å². The van der Waals surface area contributed by atoms with Gasteiger partial charge in [-0.15, -0.1) is 0 Å². The molecular formula is C6H10N2O7S2. The Morgan fingerprint density at radius 2 is 1.82 bits per heavy atom. The molecule has 1 fully saturated rings. The molecule has 0 unspecified atom stereocenters. The highest BCUT2D eigenvalue weighted by atomic mass is 32.2. The summed E-state index contributed by atoms with van der Waals surface area (Å²) in [6, 6.07) is -1.50. The van der Waals surface area contributed by atoms with Crippen LogP contribution in [0, 0.1) is 0 Å². The number of nitrogens with one attached hydrogen (secondary N) is 1. The SMILES string of the molecule is CC(=O)N[C@@H]1C(=O)N(S(=O)(=O)O)[C@@H]1S(C)(=O)=O. The van der Waals surface area contributed by atoms with Crippen LogP contribution in [0.1, 0.15) is 6.92 Å². The fourth-order valence-electron chi connectivity index (χ4n) is 1.46. The van der Waals surface area contributed by atoms with Crippen LogP contribution < -0.4 is 5.32 Å². The summed E-state index contributed by atoms with van der Waals surface area (Å²) < 4.78 is 52.7. The van der Waals surface area contributed by atoms with Crippen LogP contribution in [0.3, 0.4) is 0 Å². The van der Waals surface area contributed by atoms with E-state index in [2.05, 4.69) is 0 Å². The second-order valence-corrected chi connectivity index (χ2v) is 6.94. The van der Waals surface area contributed by atoms with E-state index in [-0.39, 0.29) is 4.31 Å². The number of hydrogen-bond acceptors (Lipinski definition) is 6. The van der Waals surface area contributed by atoms with E-state index in [1.165, 1.54) is 0 Å². The first-order valence-corrected chi connectivity index (χ1v) is 7.58. The summed E-state index contributed by atoms with van der Waals surface area (Å²) in [5.41, 5.74) is 0. The molecule has 1 rings (SSSR count). The van der Waals surface area contributed by atoms with Crippen molar-refractivity contribution in [2.75, 3.05) is 6.26 Å². The third-order valence-electron chi connectivity index (χ3n) is 2.05. The molecule has 0 aromatic rings. The average Bonchev–Trinajstić information content (AvgIpc) is 2.05. The van der Waals surface area contributed by atoms with E-state index in [0.717, 1.165) is 6.92 Å². The Morgan fingerprint density at radius 1 is 1.35 bits per heavy atom. The van der Waals surface area contributed by atoms with Crippen molar-refractivity contribution in [2.45, 2.75) is 18.3 Å². The van der Waals surface area contributed by atoms with Crippen molar-refractivity contribution in [3.8, 4) is 0 Å². The van der Waals surface area contributed by atoms with Crippen LogP contribution in [0.2, 0.25) is 0 Å². The number of carbonyl (C=O) groups excluding carboxylic acids is 2. The Kier molecular flexibility index (Phi) is 3.20. The molecule has 0 radical (unpaired) electrons. The highest BCUT2D eigenvalue weighted by molar-refractivity contribution is 7.93. The standard InChI is InChI=1S/C6H10N2O7S2/c1-3(9)7-4-5(10)8(17(13,14)15)6(4)16(2,11)12/h4,6H,1-2H3,(H,7,9)(H,13,14,15)/t4-,6-/m1/s1. The minimum atomic E-state index is -4.96. The van der Waals surface area contributed by atoms with E-state index in [0.29, 0.717) is 6.26 Å². The molecule has 0 aromatic heterocycles. The molecule has 98 valence electrons. The molecule has 0 bridgehead atoms. The lowest BCUT2D eigenvalue weighted by atomic mass is 10.1. The van der Waals surface area contributed by atoms with E-state index in [4.69, 9.17) is 4.55 Å². The van der Waals surface area contributed by atoms with Crippen LogP contribution in [0.4, 0.5) is 0 Å². The van der Waals surface area contributed by atoms with Gasteiger partial charge in [0.1, 0.15) is 6.04 Å². The van der Waals surface area contributed by atoms with Crippen molar-refractivity contribution in [3.05, 3.63) is 0 Å². The molecule has 1 heterocycles. The molecule has 9 nitrogen and oxygen atoms in total. The molecule has 0 aromatic carbocycles. The van der Waals surface area contributed by atoms with Gasteiger partial charge in [0.2, 0.25) is 5.91 Å². The van der Waals surface area contributed by atoms with Gasteiger partial charge in [-0.05, 0) is 0 Å². The fraction of sp³-hybridized carbons (Fsp3) is 0.667. The molecule has 17 heavy (non-hydrogen) atoms. The van der Waals surface area contributed by atoms with Gasteiger partial charge in [0.05, 0.1) is 0 Å². The van der Waals surface area contributed by atoms with Gasteiger partial charge in [-0.1, -0.05) is 0 Å². The second-order valence-electron chi connectivity index (χ2n) is 3.51. The smallest absolute Gasteiger partial charge is 0.342 e. The first kappa shape index (κ1) is 13.9. The first-order valence-electron chi connectivity index (χ1n) is 4.23. The zero-order valence-electron chi connectivity index (χ0n) is 8.82. The first-order chi connectivity index (χ1) is 7.46. The van der Waals surface area contributed by atoms with Crippen molar-refractivity contribution >= 4 is 32.0 Å². The zero-order chi connectivity index (χ0) is 13.6. The van der Waals surface area contributed by atoms with Gasteiger partial charge < -0.3 is 5.32 Å². The van der Waals surface area contributed by atoms with Crippen LogP contribution >= 0.6 is 0 Å². The monoisotopic (exact) mass is 286 g/mol. The van der Waals surface area contributed by atoms with Crippen LogP contribution in [0.25, 0.3) is 0 Å². The van der Waals surface area contributed by atoms with Gasteiger partial charge in [0.15, 0.2) is 15.2 Å². The Hall–Kier alpha value is -1.20. The number of amides is 2. The minimum Gasteiger partial charge on any atom is -0.342 e. The van der Waals surface area contributed by atoms with Gasteiger partial charge in [-0.3, -0.25) is 14.1 Å². The summed E-state index contributed by atoms with van der Waals surface area (Å²) in [5.74, 6) is -1.88. The van der Waals surface area contributed by atoms with Gasteiger partial charge in [-0.2, -0.15) is 12.7 Å². The fourth-order valence-corrected chi connectivity index (χ4v) is 4.11. The lowest BCUT2D eigenvalue weighted by Gasteiger charge is -2.42. The number of nitrogens with zero attached hydrogens (tertiary/aromatic N) is 1. The van der Waals surface area contributed by atoms with E-state index in [9.17, 15) is 26.4 Å². The van der Waals surface area contributed by atoms with E-state index >= 15 is 0 Å². The molecule has 1 aliphatic heterocycles. The van der Waals surface area contributed by atoms with E-state index in [1.54, 1.807) is 0 Å². The molecule has 2 atom stereocenters.